The van der Waals surface area contributed by atoms with Gasteiger partial charge in [-0.15, -0.1) is 0 Å². The Kier molecular flexibility index (Phi) is 9.49. The van der Waals surface area contributed by atoms with Gasteiger partial charge in [-0.05, 0) is 123 Å². The molecule has 0 fully saturated rings. The molecular formula is C59H51N. The second-order valence-corrected chi connectivity index (χ2v) is 17.7. The van der Waals surface area contributed by atoms with Crippen LogP contribution in [0.1, 0.15) is 67.3 Å². The summed E-state index contributed by atoms with van der Waals surface area (Å²) in [6.07, 6.45) is 16.5. The number of hydrogen-bond acceptors (Lipinski definition) is 1. The van der Waals surface area contributed by atoms with E-state index in [1.54, 1.807) is 0 Å². The van der Waals surface area contributed by atoms with E-state index in [0.717, 1.165) is 24.2 Å². The van der Waals surface area contributed by atoms with Crippen molar-refractivity contribution in [3.8, 4) is 33.4 Å². The first-order valence-electron chi connectivity index (χ1n) is 21.5. The highest BCUT2D eigenvalue weighted by atomic mass is 15.1. The molecule has 1 heteroatoms. The van der Waals surface area contributed by atoms with Crippen LogP contribution in [0.3, 0.4) is 0 Å². The molecule has 0 saturated heterocycles. The molecule has 292 valence electrons. The Balaban J connectivity index is 0.936. The van der Waals surface area contributed by atoms with E-state index >= 15 is 0 Å². The lowest BCUT2D eigenvalue weighted by molar-refractivity contribution is 0.523. The first kappa shape index (κ1) is 37.6. The smallest absolute Gasteiger partial charge is 0.0465 e. The zero-order valence-corrected chi connectivity index (χ0v) is 35.1. The van der Waals surface area contributed by atoms with Crippen LogP contribution in [0.15, 0.2) is 212 Å². The van der Waals surface area contributed by atoms with Gasteiger partial charge >= 0.3 is 0 Å². The summed E-state index contributed by atoms with van der Waals surface area (Å²) >= 11 is 0. The average Bonchev–Trinajstić information content (AvgIpc) is 3.53. The monoisotopic (exact) mass is 773 g/mol. The van der Waals surface area contributed by atoms with Crippen molar-refractivity contribution < 1.29 is 0 Å². The van der Waals surface area contributed by atoms with Crippen LogP contribution in [0.4, 0.5) is 17.1 Å². The molecule has 0 aromatic heterocycles. The lowest BCUT2D eigenvalue weighted by Crippen LogP contribution is -2.19. The minimum absolute atomic E-state index is 0.0200. The Morgan fingerprint density at radius 3 is 1.67 bits per heavy atom. The second kappa shape index (κ2) is 15.2. The van der Waals surface area contributed by atoms with Crippen molar-refractivity contribution >= 4 is 22.6 Å². The minimum Gasteiger partial charge on any atom is -0.310 e. The third-order valence-electron chi connectivity index (χ3n) is 13.3. The lowest BCUT2D eigenvalue weighted by Gasteiger charge is -2.33. The van der Waals surface area contributed by atoms with Crippen LogP contribution in [0.5, 0.6) is 0 Å². The maximum absolute atomic E-state index is 2.55. The summed E-state index contributed by atoms with van der Waals surface area (Å²) in [5.74, 6) is 0.344. The van der Waals surface area contributed by atoms with Crippen LogP contribution < -0.4 is 4.90 Å². The highest BCUT2D eigenvalue weighted by Gasteiger charge is 2.37. The minimum atomic E-state index is -0.154. The van der Waals surface area contributed by atoms with Gasteiger partial charge in [0.15, 0.2) is 0 Å². The Bertz CT molecular complexity index is 2820. The van der Waals surface area contributed by atoms with E-state index in [1.807, 2.05) is 0 Å². The molecule has 0 N–H and O–H groups in total. The summed E-state index contributed by atoms with van der Waals surface area (Å²) in [7, 11) is 0. The Labute approximate surface area is 356 Å². The molecule has 0 aliphatic heterocycles. The number of rotatable bonds is 8. The number of nitrogens with zero attached hydrogens (tertiary/aromatic N) is 1. The molecule has 7 aromatic rings. The predicted molar refractivity (Wildman–Crippen MR) is 255 cm³/mol. The third-order valence-corrected chi connectivity index (χ3v) is 13.3. The fourth-order valence-corrected chi connectivity index (χ4v) is 9.63. The fraction of sp³-hybridized carbons (Fsp3) is 0.153. The Morgan fingerprint density at radius 2 is 1.05 bits per heavy atom. The summed E-state index contributed by atoms with van der Waals surface area (Å²) in [5.41, 5.74) is 20.3. The predicted octanol–water partition coefficient (Wildman–Crippen LogP) is 16.1. The highest BCUT2D eigenvalue weighted by molar-refractivity contribution is 5.86. The van der Waals surface area contributed by atoms with Gasteiger partial charge in [0.25, 0.3) is 0 Å². The van der Waals surface area contributed by atoms with Crippen LogP contribution >= 0.6 is 0 Å². The zero-order valence-electron chi connectivity index (χ0n) is 35.1. The molecule has 0 heterocycles. The molecule has 0 spiro atoms. The normalized spacial score (nSPS) is 18.6. The van der Waals surface area contributed by atoms with E-state index in [1.165, 1.54) is 78.0 Å². The van der Waals surface area contributed by atoms with Crippen molar-refractivity contribution in [3.63, 3.8) is 0 Å². The molecule has 0 bridgehead atoms. The molecule has 3 aliphatic carbocycles. The van der Waals surface area contributed by atoms with Crippen LogP contribution in [0.25, 0.3) is 39.0 Å². The molecule has 3 aliphatic rings. The van der Waals surface area contributed by atoms with Gasteiger partial charge in [-0.25, -0.2) is 0 Å². The van der Waals surface area contributed by atoms with E-state index in [-0.39, 0.29) is 10.8 Å². The molecule has 0 amide bonds. The lowest BCUT2D eigenvalue weighted by atomic mass is 9.71. The third kappa shape index (κ3) is 6.89. The number of hydrogen-bond donors (Lipinski definition) is 0. The van der Waals surface area contributed by atoms with Gasteiger partial charge in [-0.2, -0.15) is 0 Å². The SMILES string of the molecule is Cc1ccc(N(c2ccc(-c3ccc(-c4ccccc4)cc3)cc2)c2ccc3c(c2)C(C)(C)c2cc(C4C=C(C5(C)C=CC(c6ccccc6)=CC5)C=CC4)ccc2-3)cc1. The number of allylic oxidation sites excluding steroid dienone is 8. The Hall–Kier alpha value is -6.70. The molecule has 0 saturated carbocycles. The quantitative estimate of drug-likeness (QED) is 0.149. The van der Waals surface area contributed by atoms with Gasteiger partial charge in [0, 0.05) is 33.8 Å². The second-order valence-electron chi connectivity index (χ2n) is 17.7. The van der Waals surface area contributed by atoms with E-state index in [9.17, 15) is 0 Å². The number of fused-ring (bicyclic) bond motifs is 3. The van der Waals surface area contributed by atoms with Crippen LogP contribution in [-0.4, -0.2) is 0 Å². The van der Waals surface area contributed by atoms with Crippen molar-refractivity contribution in [3.05, 3.63) is 240 Å². The standard InChI is InChI=1S/C59H51N/c1-41-18-27-51(28-19-41)60(52-29-24-46(25-30-52)45-22-20-44(21-23-45)42-12-7-5-8-13-42)53-31-33-55-54-32-26-49(39-56(54)58(2,3)57(55)40-53)48-16-11-17-50(38-48)59(4)36-34-47(35-37-59)43-14-9-6-10-15-43/h5-15,17-36,38-40,48H,16,37H2,1-4H3. The maximum atomic E-state index is 2.55. The maximum Gasteiger partial charge on any atom is 0.0465 e. The summed E-state index contributed by atoms with van der Waals surface area (Å²) < 4.78 is 0. The summed E-state index contributed by atoms with van der Waals surface area (Å²) in [4.78, 5) is 2.41. The van der Waals surface area contributed by atoms with Gasteiger partial charge in [0.2, 0.25) is 0 Å². The molecule has 10 rings (SSSR count). The molecule has 2 atom stereocenters. The van der Waals surface area contributed by atoms with Crippen LogP contribution in [-0.2, 0) is 5.41 Å². The summed E-state index contributed by atoms with van der Waals surface area (Å²) in [5, 5.41) is 0. The molecule has 0 radical (unpaired) electrons. The number of anilines is 3. The van der Waals surface area contributed by atoms with Crippen LogP contribution in [0.2, 0.25) is 0 Å². The molecular weight excluding hydrogens is 723 g/mol. The zero-order chi connectivity index (χ0) is 40.8. The first-order valence-corrected chi connectivity index (χ1v) is 21.5. The van der Waals surface area contributed by atoms with E-state index in [4.69, 9.17) is 0 Å². The number of benzene rings is 7. The first-order chi connectivity index (χ1) is 29.2. The van der Waals surface area contributed by atoms with Gasteiger partial charge in [0.1, 0.15) is 0 Å². The molecule has 1 nitrogen and oxygen atoms in total. The van der Waals surface area contributed by atoms with Crippen molar-refractivity contribution in [2.75, 3.05) is 4.90 Å². The largest absolute Gasteiger partial charge is 0.310 e. The van der Waals surface area contributed by atoms with Gasteiger partial charge < -0.3 is 4.90 Å². The summed E-state index contributed by atoms with van der Waals surface area (Å²) in [6, 6.07) is 62.6. The van der Waals surface area contributed by atoms with Gasteiger partial charge in [-0.1, -0.05) is 196 Å². The van der Waals surface area contributed by atoms with Crippen molar-refractivity contribution in [2.24, 2.45) is 5.41 Å². The Morgan fingerprint density at radius 1 is 0.517 bits per heavy atom. The molecule has 2 unspecified atom stereocenters. The average molecular weight is 774 g/mol. The van der Waals surface area contributed by atoms with Crippen molar-refractivity contribution in [2.45, 2.75) is 51.9 Å². The number of aryl methyl sites for hydroxylation is 1. The van der Waals surface area contributed by atoms with E-state index < -0.39 is 0 Å². The highest BCUT2D eigenvalue weighted by Crippen LogP contribution is 2.52. The van der Waals surface area contributed by atoms with Gasteiger partial charge in [-0.3, -0.25) is 0 Å². The van der Waals surface area contributed by atoms with Crippen molar-refractivity contribution in [1.29, 1.82) is 0 Å². The van der Waals surface area contributed by atoms with E-state index in [2.05, 4.69) is 239 Å². The molecule has 7 aromatic carbocycles. The van der Waals surface area contributed by atoms with Crippen LogP contribution in [0, 0.1) is 12.3 Å². The molecule has 60 heavy (non-hydrogen) atoms. The fourth-order valence-electron chi connectivity index (χ4n) is 9.63. The van der Waals surface area contributed by atoms with E-state index in [0.29, 0.717) is 5.92 Å². The summed E-state index contributed by atoms with van der Waals surface area (Å²) in [6.45, 7) is 9.36. The van der Waals surface area contributed by atoms with Crippen molar-refractivity contribution in [1.82, 2.24) is 0 Å². The topological polar surface area (TPSA) is 3.24 Å². The van der Waals surface area contributed by atoms with Gasteiger partial charge in [0.05, 0.1) is 0 Å².